The molecule has 9 heteroatoms. The Hall–Kier alpha value is -2.32. The van der Waals surface area contributed by atoms with Crippen LogP contribution >= 0.6 is 0 Å². The summed E-state index contributed by atoms with van der Waals surface area (Å²) in [6.07, 6.45) is 0. The molecule has 13 heavy (non-hydrogen) atoms. The molecule has 72 valence electrons. The van der Waals surface area contributed by atoms with Gasteiger partial charge in [0.1, 0.15) is 0 Å². The Morgan fingerprint density at radius 2 is 1.00 bits per heavy atom. The maximum Gasteiger partial charge on any atom is 0.226 e. The van der Waals surface area contributed by atoms with Gasteiger partial charge in [-0.15, -0.1) is 0 Å². The Morgan fingerprint density at radius 1 is 0.846 bits per heavy atom. The molecule has 0 spiro atoms. The number of guanidine groups is 1. The van der Waals surface area contributed by atoms with E-state index in [1.807, 2.05) is 0 Å². The summed E-state index contributed by atoms with van der Waals surface area (Å²) >= 11 is 0. The minimum atomic E-state index is -0.333. The molecule has 0 bridgehead atoms. The van der Waals surface area contributed by atoms with Gasteiger partial charge in [-0.1, -0.05) is 0 Å². The van der Waals surface area contributed by atoms with E-state index in [1.54, 1.807) is 0 Å². The molecule has 0 saturated heterocycles. The van der Waals surface area contributed by atoms with Crippen LogP contribution in [0.1, 0.15) is 0 Å². The highest BCUT2D eigenvalue weighted by molar-refractivity contribution is 5.71. The zero-order valence-corrected chi connectivity index (χ0v) is 6.73. The Kier molecular flexibility index (Phi) is 3.73. The lowest BCUT2D eigenvalue weighted by Gasteiger charge is -1.93. The normalized spacial score (nSPS) is 8.31. The van der Waals surface area contributed by atoms with Crippen molar-refractivity contribution in [2.24, 2.45) is 11.5 Å². The lowest BCUT2D eigenvalue weighted by atomic mass is 10.9. The predicted octanol–water partition coefficient (Wildman–Crippen LogP) is -2.54. The minimum absolute atomic E-state index is 0.0417. The molecule has 9 nitrogen and oxygen atoms in total. The van der Waals surface area contributed by atoms with E-state index in [1.165, 1.54) is 0 Å². The fourth-order valence-electron chi connectivity index (χ4n) is 0.427. The van der Waals surface area contributed by atoms with Crippen LogP contribution in [0.3, 0.4) is 0 Å². The van der Waals surface area contributed by atoms with E-state index in [2.05, 4.69) is 26.4 Å². The highest BCUT2D eigenvalue weighted by Crippen LogP contribution is 1.97. The van der Waals surface area contributed by atoms with Gasteiger partial charge in [-0.2, -0.15) is 15.0 Å². The number of nitrogens with one attached hydrogen (secondary N) is 1. The van der Waals surface area contributed by atoms with Gasteiger partial charge in [-0.05, 0) is 0 Å². The van der Waals surface area contributed by atoms with Crippen LogP contribution in [0.25, 0.3) is 0 Å². The van der Waals surface area contributed by atoms with E-state index in [0.717, 1.165) is 0 Å². The summed E-state index contributed by atoms with van der Waals surface area (Å²) in [4.78, 5) is 10.5. The second-order valence-corrected chi connectivity index (χ2v) is 1.87. The van der Waals surface area contributed by atoms with Crippen LogP contribution in [-0.4, -0.2) is 20.9 Å². The van der Waals surface area contributed by atoms with Gasteiger partial charge in [0.2, 0.25) is 17.8 Å². The molecule has 0 atom stereocenters. The molecule has 0 fully saturated rings. The Labute approximate surface area is 73.8 Å². The largest absolute Gasteiger partial charge is 0.370 e. The monoisotopic (exact) mass is 185 g/mol. The fourth-order valence-corrected chi connectivity index (χ4v) is 0.427. The Bertz CT molecular complexity index is 239. The number of aromatic nitrogens is 3. The van der Waals surface area contributed by atoms with Crippen molar-refractivity contribution in [1.29, 1.82) is 5.41 Å². The fraction of sp³-hybridized carbons (Fsp3) is 0. The number of nitrogens with two attached hydrogens (primary N) is 5. The summed E-state index contributed by atoms with van der Waals surface area (Å²) in [5.41, 5.74) is 24.4. The molecular weight excluding hydrogens is 174 g/mol. The Balaban J connectivity index is 0.000000310. The van der Waals surface area contributed by atoms with Gasteiger partial charge >= 0.3 is 0 Å². The number of hydrogen-bond donors (Lipinski definition) is 6. The summed E-state index contributed by atoms with van der Waals surface area (Å²) in [6.45, 7) is 0. The summed E-state index contributed by atoms with van der Waals surface area (Å²) in [5, 5.41) is 6.06. The molecule has 0 aliphatic heterocycles. The van der Waals surface area contributed by atoms with Gasteiger partial charge in [-0.25, -0.2) is 0 Å². The van der Waals surface area contributed by atoms with E-state index in [-0.39, 0.29) is 23.8 Å². The van der Waals surface area contributed by atoms with Crippen LogP contribution in [0.5, 0.6) is 0 Å². The first-order valence-corrected chi connectivity index (χ1v) is 3.04. The molecule has 0 saturated carbocycles. The van der Waals surface area contributed by atoms with Gasteiger partial charge in [0.05, 0.1) is 0 Å². The van der Waals surface area contributed by atoms with Gasteiger partial charge in [0, 0.05) is 0 Å². The average molecular weight is 185 g/mol. The number of rotatable bonds is 0. The third-order valence-electron chi connectivity index (χ3n) is 0.687. The number of anilines is 3. The summed E-state index contributed by atoms with van der Waals surface area (Å²) in [6, 6.07) is 0. The second-order valence-electron chi connectivity index (χ2n) is 1.87. The third kappa shape index (κ3) is 6.09. The van der Waals surface area contributed by atoms with E-state index < -0.39 is 0 Å². The maximum absolute atomic E-state index is 6.06. The molecule has 1 aromatic heterocycles. The van der Waals surface area contributed by atoms with Gasteiger partial charge in [-0.3, -0.25) is 5.41 Å². The number of nitrogen functional groups attached to an aromatic ring is 3. The molecule has 1 aromatic rings. The highest BCUT2D eigenvalue weighted by Gasteiger charge is 1.93. The van der Waals surface area contributed by atoms with Crippen molar-refractivity contribution in [3.05, 3.63) is 0 Å². The first-order chi connectivity index (χ1) is 5.91. The van der Waals surface area contributed by atoms with Crippen LogP contribution in [0.15, 0.2) is 0 Å². The van der Waals surface area contributed by atoms with Crippen molar-refractivity contribution >= 4 is 23.8 Å². The predicted molar refractivity (Wildman–Crippen MR) is 49.2 cm³/mol. The van der Waals surface area contributed by atoms with Crippen LogP contribution in [0, 0.1) is 5.41 Å². The van der Waals surface area contributed by atoms with Gasteiger partial charge in [0.25, 0.3) is 0 Å². The van der Waals surface area contributed by atoms with Gasteiger partial charge in [0.15, 0.2) is 5.96 Å². The minimum Gasteiger partial charge on any atom is -0.370 e. The van der Waals surface area contributed by atoms with Crippen molar-refractivity contribution in [2.75, 3.05) is 17.2 Å². The van der Waals surface area contributed by atoms with E-state index in [0.29, 0.717) is 0 Å². The van der Waals surface area contributed by atoms with Crippen molar-refractivity contribution in [1.82, 2.24) is 15.0 Å². The van der Waals surface area contributed by atoms with Crippen molar-refractivity contribution < 1.29 is 0 Å². The van der Waals surface area contributed by atoms with Crippen LogP contribution in [0.2, 0.25) is 0 Å². The molecule has 1 heterocycles. The molecule has 0 aliphatic rings. The second kappa shape index (κ2) is 4.54. The summed E-state index contributed by atoms with van der Waals surface area (Å²) in [5.74, 6) is -0.208. The highest BCUT2D eigenvalue weighted by atomic mass is 15.2. The zero-order valence-electron chi connectivity index (χ0n) is 6.73. The molecule has 0 radical (unpaired) electrons. The molecule has 0 aromatic carbocycles. The quantitative estimate of drug-likeness (QED) is 0.188. The van der Waals surface area contributed by atoms with Crippen LogP contribution < -0.4 is 28.7 Å². The molecule has 0 unspecified atom stereocenters. The molecule has 11 N–H and O–H groups in total. The molecule has 0 aliphatic carbocycles. The third-order valence-corrected chi connectivity index (χ3v) is 0.687. The average Bonchev–Trinajstić information content (AvgIpc) is 1.80. The first kappa shape index (κ1) is 10.7. The lowest BCUT2D eigenvalue weighted by Crippen LogP contribution is -2.20. The van der Waals surface area contributed by atoms with Crippen molar-refractivity contribution in [2.45, 2.75) is 0 Å². The Morgan fingerprint density at radius 3 is 1.15 bits per heavy atom. The number of nitrogens with zero attached hydrogens (tertiary/aromatic N) is 3. The maximum atomic E-state index is 6.06. The van der Waals surface area contributed by atoms with Crippen LogP contribution in [0.4, 0.5) is 17.8 Å². The molecular formula is C4H11N9. The van der Waals surface area contributed by atoms with Crippen LogP contribution in [-0.2, 0) is 0 Å². The van der Waals surface area contributed by atoms with E-state index >= 15 is 0 Å². The topological polar surface area (TPSA) is 193 Å². The van der Waals surface area contributed by atoms with Gasteiger partial charge < -0.3 is 28.7 Å². The SMILES string of the molecule is N=C(N)N.Nc1nc(N)nc(N)n1. The molecule has 1 rings (SSSR count). The number of hydrogen-bond acceptors (Lipinski definition) is 7. The van der Waals surface area contributed by atoms with E-state index in [9.17, 15) is 0 Å². The van der Waals surface area contributed by atoms with Crippen molar-refractivity contribution in [3.63, 3.8) is 0 Å². The summed E-state index contributed by atoms with van der Waals surface area (Å²) < 4.78 is 0. The zero-order chi connectivity index (χ0) is 10.4. The smallest absolute Gasteiger partial charge is 0.226 e. The summed E-state index contributed by atoms with van der Waals surface area (Å²) in [7, 11) is 0. The first-order valence-electron chi connectivity index (χ1n) is 3.04. The van der Waals surface area contributed by atoms with Crippen molar-refractivity contribution in [3.8, 4) is 0 Å². The molecule has 0 amide bonds. The standard InChI is InChI=1S/C3H6N6.CH5N3/c4-1-7-2(5)9-3(6)8-1;2-1(3)4/h(H6,4,5,6,7,8,9);(H5,2,3,4). The van der Waals surface area contributed by atoms with E-state index in [4.69, 9.17) is 22.6 Å². The lowest BCUT2D eigenvalue weighted by molar-refractivity contribution is 1.09.